The van der Waals surface area contributed by atoms with Gasteiger partial charge in [0.25, 0.3) is 0 Å². The number of aryl methyl sites for hydroxylation is 1. The number of hydrogen-bond donors (Lipinski definition) is 1. The van der Waals surface area contributed by atoms with Gasteiger partial charge >= 0.3 is 0 Å². The molecule has 3 heteroatoms. The zero-order valence-corrected chi connectivity index (χ0v) is 7.63. The Labute approximate surface area is 71.8 Å². The van der Waals surface area contributed by atoms with Crippen LogP contribution in [0.25, 0.3) is 11.0 Å². The number of hydrogen-bond acceptors (Lipinski definition) is 2. The molecule has 0 aliphatic rings. The van der Waals surface area contributed by atoms with Crippen LogP contribution in [0.4, 0.5) is 0 Å². The summed E-state index contributed by atoms with van der Waals surface area (Å²) in [7, 11) is 0. The molecular weight excluding hydrogens is 150 g/mol. The van der Waals surface area contributed by atoms with Gasteiger partial charge in [-0.05, 0) is 18.6 Å². The molecule has 12 heavy (non-hydrogen) atoms. The van der Waals surface area contributed by atoms with Crippen molar-refractivity contribution in [2.75, 3.05) is 0 Å². The topological polar surface area (TPSA) is 41.6 Å². The quantitative estimate of drug-likeness (QED) is 0.647. The second kappa shape index (κ2) is 3.85. The van der Waals surface area contributed by atoms with E-state index in [1.807, 2.05) is 33.0 Å². The van der Waals surface area contributed by atoms with Gasteiger partial charge < -0.3 is 4.98 Å². The Morgan fingerprint density at radius 3 is 2.75 bits per heavy atom. The Balaban J connectivity index is 0.000000336. The van der Waals surface area contributed by atoms with Gasteiger partial charge in [-0.25, -0.2) is 0 Å². The van der Waals surface area contributed by atoms with Crippen molar-refractivity contribution < 1.29 is 0 Å². The molecule has 0 bridgehead atoms. The average molecular weight is 163 g/mol. The molecule has 0 radical (unpaired) electrons. The first kappa shape index (κ1) is 8.71. The molecule has 0 unspecified atom stereocenters. The number of aromatic nitrogens is 3. The number of nitrogens with one attached hydrogen (secondary N) is 1. The van der Waals surface area contributed by atoms with E-state index in [0.717, 1.165) is 16.6 Å². The summed E-state index contributed by atoms with van der Waals surface area (Å²) in [5, 5.41) is 8.85. The van der Waals surface area contributed by atoms with Gasteiger partial charge in [0, 0.05) is 11.6 Å². The number of aromatic amines is 1. The predicted octanol–water partition coefficient (Wildman–Crippen LogP) is 2.29. The standard InChI is InChI=1S/C7H7N3.C2H6/c1-5-4-9-10-7-6(5)2-3-8-7;1-2/h2-4H,1H3,(H,8,10);1-2H3. The summed E-state index contributed by atoms with van der Waals surface area (Å²) in [5.74, 6) is 0. The Morgan fingerprint density at radius 2 is 2.08 bits per heavy atom. The summed E-state index contributed by atoms with van der Waals surface area (Å²) in [5.41, 5.74) is 2.02. The maximum absolute atomic E-state index is 3.90. The summed E-state index contributed by atoms with van der Waals surface area (Å²) in [6.45, 7) is 6.02. The fourth-order valence-electron chi connectivity index (χ4n) is 1.00. The molecule has 0 aromatic carbocycles. The van der Waals surface area contributed by atoms with E-state index in [0.29, 0.717) is 0 Å². The maximum atomic E-state index is 3.90. The van der Waals surface area contributed by atoms with E-state index in [-0.39, 0.29) is 0 Å². The molecule has 1 N–H and O–H groups in total. The molecule has 3 nitrogen and oxygen atoms in total. The molecular formula is C9H13N3. The molecule has 2 heterocycles. The minimum Gasteiger partial charge on any atom is -0.345 e. The van der Waals surface area contributed by atoms with Gasteiger partial charge in [0.1, 0.15) is 0 Å². The molecule has 64 valence electrons. The second-order valence-corrected chi connectivity index (χ2v) is 2.27. The molecule has 0 spiro atoms. The molecule has 0 atom stereocenters. The van der Waals surface area contributed by atoms with Gasteiger partial charge in [-0.15, -0.1) is 5.10 Å². The highest BCUT2D eigenvalue weighted by Gasteiger charge is 1.96. The minimum absolute atomic E-state index is 0.861. The summed E-state index contributed by atoms with van der Waals surface area (Å²) in [4.78, 5) is 2.99. The highest BCUT2D eigenvalue weighted by Crippen LogP contribution is 2.11. The zero-order chi connectivity index (χ0) is 8.97. The molecule has 2 rings (SSSR count). The van der Waals surface area contributed by atoms with Crippen LogP contribution in [-0.2, 0) is 0 Å². The third-order valence-corrected chi connectivity index (χ3v) is 1.56. The predicted molar refractivity (Wildman–Crippen MR) is 50.0 cm³/mol. The minimum atomic E-state index is 0.861. The lowest BCUT2D eigenvalue weighted by Gasteiger charge is -1.89. The normalized spacial score (nSPS) is 9.25. The summed E-state index contributed by atoms with van der Waals surface area (Å²) in [6, 6.07) is 2.00. The molecule has 0 saturated heterocycles. The Morgan fingerprint density at radius 1 is 1.33 bits per heavy atom. The molecule has 0 aliphatic carbocycles. The zero-order valence-electron chi connectivity index (χ0n) is 7.63. The van der Waals surface area contributed by atoms with Crippen LogP contribution in [0.5, 0.6) is 0 Å². The van der Waals surface area contributed by atoms with Crippen molar-refractivity contribution in [1.29, 1.82) is 0 Å². The van der Waals surface area contributed by atoms with Crippen molar-refractivity contribution in [3.8, 4) is 0 Å². The lowest BCUT2D eigenvalue weighted by molar-refractivity contribution is 1.05. The van der Waals surface area contributed by atoms with Crippen LogP contribution >= 0.6 is 0 Å². The van der Waals surface area contributed by atoms with Gasteiger partial charge in [0.2, 0.25) is 0 Å². The molecule has 2 aromatic rings. The van der Waals surface area contributed by atoms with Gasteiger partial charge in [-0.1, -0.05) is 13.8 Å². The summed E-state index contributed by atoms with van der Waals surface area (Å²) < 4.78 is 0. The van der Waals surface area contributed by atoms with Crippen LogP contribution in [-0.4, -0.2) is 15.2 Å². The van der Waals surface area contributed by atoms with Crippen LogP contribution in [0, 0.1) is 6.92 Å². The third kappa shape index (κ3) is 1.44. The van der Waals surface area contributed by atoms with E-state index >= 15 is 0 Å². The monoisotopic (exact) mass is 163 g/mol. The van der Waals surface area contributed by atoms with Crippen molar-refractivity contribution in [2.24, 2.45) is 0 Å². The van der Waals surface area contributed by atoms with Crippen LogP contribution in [0.3, 0.4) is 0 Å². The SMILES string of the molecule is CC.Cc1cnnc2[nH]ccc12. The van der Waals surface area contributed by atoms with E-state index < -0.39 is 0 Å². The lowest BCUT2D eigenvalue weighted by Crippen LogP contribution is -1.83. The first-order valence-corrected chi connectivity index (χ1v) is 4.13. The molecule has 0 fully saturated rings. The Hall–Kier alpha value is -1.38. The van der Waals surface area contributed by atoms with Crippen LogP contribution < -0.4 is 0 Å². The first-order valence-electron chi connectivity index (χ1n) is 4.13. The number of rotatable bonds is 0. The lowest BCUT2D eigenvalue weighted by atomic mass is 10.2. The van der Waals surface area contributed by atoms with Gasteiger partial charge in [-0.3, -0.25) is 0 Å². The van der Waals surface area contributed by atoms with E-state index in [9.17, 15) is 0 Å². The highest BCUT2D eigenvalue weighted by atomic mass is 15.1. The van der Waals surface area contributed by atoms with Crippen molar-refractivity contribution >= 4 is 11.0 Å². The van der Waals surface area contributed by atoms with E-state index in [4.69, 9.17) is 0 Å². The maximum Gasteiger partial charge on any atom is 0.160 e. The van der Waals surface area contributed by atoms with Crippen molar-refractivity contribution in [2.45, 2.75) is 20.8 Å². The summed E-state index contributed by atoms with van der Waals surface area (Å²) in [6.07, 6.45) is 3.63. The van der Waals surface area contributed by atoms with Crippen molar-refractivity contribution in [3.05, 3.63) is 24.0 Å². The Bertz CT molecular complexity index is 351. The number of fused-ring (bicyclic) bond motifs is 1. The van der Waals surface area contributed by atoms with Gasteiger partial charge in [-0.2, -0.15) is 5.10 Å². The number of H-pyrrole nitrogens is 1. The Kier molecular flexibility index (Phi) is 2.80. The second-order valence-electron chi connectivity index (χ2n) is 2.27. The molecule has 0 saturated carbocycles. The summed E-state index contributed by atoms with van der Waals surface area (Å²) >= 11 is 0. The van der Waals surface area contributed by atoms with Crippen molar-refractivity contribution in [3.63, 3.8) is 0 Å². The van der Waals surface area contributed by atoms with Crippen molar-refractivity contribution in [1.82, 2.24) is 15.2 Å². The fourth-order valence-corrected chi connectivity index (χ4v) is 1.00. The van der Waals surface area contributed by atoms with Gasteiger partial charge in [0.05, 0.1) is 6.20 Å². The van der Waals surface area contributed by atoms with E-state index in [1.54, 1.807) is 6.20 Å². The van der Waals surface area contributed by atoms with Crippen LogP contribution in [0.1, 0.15) is 19.4 Å². The largest absolute Gasteiger partial charge is 0.345 e. The van der Waals surface area contributed by atoms with Crippen LogP contribution in [0.2, 0.25) is 0 Å². The van der Waals surface area contributed by atoms with Gasteiger partial charge in [0.15, 0.2) is 5.65 Å². The average Bonchev–Trinajstić information content (AvgIpc) is 2.57. The fraction of sp³-hybridized carbons (Fsp3) is 0.333. The van der Waals surface area contributed by atoms with Crippen LogP contribution in [0.15, 0.2) is 18.5 Å². The first-order chi connectivity index (χ1) is 5.88. The van der Waals surface area contributed by atoms with E-state index in [2.05, 4.69) is 15.2 Å². The third-order valence-electron chi connectivity index (χ3n) is 1.56. The molecule has 0 aliphatic heterocycles. The smallest absolute Gasteiger partial charge is 0.160 e. The van der Waals surface area contributed by atoms with E-state index in [1.165, 1.54) is 0 Å². The number of nitrogens with zero attached hydrogens (tertiary/aromatic N) is 2. The molecule has 2 aromatic heterocycles. The highest BCUT2D eigenvalue weighted by molar-refractivity contribution is 5.77. The molecule has 0 amide bonds.